The zero-order valence-electron chi connectivity index (χ0n) is 16.4. The predicted molar refractivity (Wildman–Crippen MR) is 106 cm³/mol. The number of nitrogens with two attached hydrogens (primary N) is 1. The first-order valence-electron chi connectivity index (χ1n) is 9.31. The van der Waals surface area contributed by atoms with Gasteiger partial charge in [-0.25, -0.2) is 28.8 Å². The van der Waals surface area contributed by atoms with Crippen LogP contribution >= 0.6 is 0 Å². The molecule has 32 heavy (non-hydrogen) atoms. The number of fused-ring (bicyclic) bond motifs is 2. The van der Waals surface area contributed by atoms with Crippen molar-refractivity contribution in [2.75, 3.05) is 5.73 Å². The molecule has 0 fully saturated rings. The minimum Gasteiger partial charge on any atom is -0.480 e. The van der Waals surface area contributed by atoms with Gasteiger partial charge in [0, 0.05) is 11.8 Å². The fourth-order valence-corrected chi connectivity index (χ4v) is 3.31. The molecule has 162 valence electrons. The lowest BCUT2D eigenvalue weighted by molar-refractivity contribution is 0.0550. The Kier molecular flexibility index (Phi) is 4.57. The smallest absolute Gasteiger partial charge is 0.334 e. The Labute approximate surface area is 177 Å². The number of aromatic nitrogens is 8. The van der Waals surface area contributed by atoms with E-state index in [0.717, 1.165) is 6.33 Å². The summed E-state index contributed by atoms with van der Waals surface area (Å²) in [4.78, 5) is 16.4. The lowest BCUT2D eigenvalue weighted by Crippen LogP contribution is -2.09. The van der Waals surface area contributed by atoms with Crippen LogP contribution in [0.25, 0.3) is 27.7 Å². The molecular formula is C19H14F3N9O. The van der Waals surface area contributed by atoms with Gasteiger partial charge in [0.15, 0.2) is 23.5 Å². The molecule has 0 aliphatic carbocycles. The molecule has 0 bridgehead atoms. The van der Waals surface area contributed by atoms with Crippen LogP contribution in [-0.4, -0.2) is 39.3 Å². The molecule has 0 radical (unpaired) electrons. The van der Waals surface area contributed by atoms with Crippen molar-refractivity contribution in [1.29, 1.82) is 0 Å². The summed E-state index contributed by atoms with van der Waals surface area (Å²) >= 11 is 0. The highest BCUT2D eigenvalue weighted by atomic mass is 19.3. The minimum absolute atomic E-state index is 0.0372. The van der Waals surface area contributed by atoms with E-state index < -0.39 is 18.5 Å². The number of ether oxygens (including phenoxy) is 1. The summed E-state index contributed by atoms with van der Waals surface area (Å²) in [7, 11) is 0. The zero-order chi connectivity index (χ0) is 22.4. The van der Waals surface area contributed by atoms with Crippen molar-refractivity contribution in [1.82, 2.24) is 39.3 Å². The monoisotopic (exact) mass is 441 g/mol. The number of rotatable bonds is 5. The molecule has 0 amide bonds. The van der Waals surface area contributed by atoms with E-state index in [4.69, 9.17) is 10.5 Å². The fraction of sp³-hybridized carbons (Fsp3) is 0.158. The van der Waals surface area contributed by atoms with Crippen molar-refractivity contribution in [3.05, 3.63) is 55.0 Å². The Morgan fingerprint density at radius 2 is 1.97 bits per heavy atom. The first-order valence-corrected chi connectivity index (χ1v) is 9.31. The fourth-order valence-electron chi connectivity index (χ4n) is 3.31. The van der Waals surface area contributed by atoms with Gasteiger partial charge in [0.1, 0.15) is 35.2 Å². The molecule has 0 aromatic carbocycles. The number of hydrogen-bond donors (Lipinski definition) is 1. The largest absolute Gasteiger partial charge is 0.480 e. The summed E-state index contributed by atoms with van der Waals surface area (Å²) in [5.41, 5.74) is 7.03. The third-order valence-corrected chi connectivity index (χ3v) is 4.82. The van der Waals surface area contributed by atoms with E-state index in [1.54, 1.807) is 13.1 Å². The first-order chi connectivity index (χ1) is 15.4. The van der Waals surface area contributed by atoms with Gasteiger partial charge in [-0.15, -0.1) is 5.10 Å². The highest BCUT2D eigenvalue weighted by molar-refractivity contribution is 6.00. The van der Waals surface area contributed by atoms with E-state index in [2.05, 4.69) is 30.1 Å². The lowest BCUT2D eigenvalue weighted by Gasteiger charge is -2.16. The molecule has 0 spiro atoms. The zero-order valence-corrected chi connectivity index (χ0v) is 16.4. The second kappa shape index (κ2) is 7.44. The second-order valence-corrected chi connectivity index (χ2v) is 6.78. The number of pyridine rings is 2. The summed E-state index contributed by atoms with van der Waals surface area (Å²) in [5.74, 6) is -0.235. The van der Waals surface area contributed by atoms with Crippen molar-refractivity contribution >= 4 is 22.2 Å². The van der Waals surface area contributed by atoms with Crippen LogP contribution < -0.4 is 10.5 Å². The maximum absolute atomic E-state index is 15.1. The Morgan fingerprint density at radius 3 is 2.75 bits per heavy atom. The summed E-state index contributed by atoms with van der Waals surface area (Å²) in [6, 6.07) is 3.06. The normalized spacial score (nSPS) is 12.7. The van der Waals surface area contributed by atoms with Crippen LogP contribution in [0.15, 0.2) is 43.4 Å². The van der Waals surface area contributed by atoms with Gasteiger partial charge < -0.3 is 10.5 Å². The molecule has 0 aliphatic heterocycles. The molecule has 10 nitrogen and oxygen atoms in total. The lowest BCUT2D eigenvalue weighted by atomic mass is 10.1. The summed E-state index contributed by atoms with van der Waals surface area (Å²) in [6.07, 6.45) is 5.76. The average Bonchev–Trinajstić information content (AvgIpc) is 3.45. The van der Waals surface area contributed by atoms with Gasteiger partial charge in [-0.3, -0.25) is 0 Å². The van der Waals surface area contributed by atoms with E-state index in [1.807, 2.05) is 0 Å². The van der Waals surface area contributed by atoms with Crippen LogP contribution in [0, 0.1) is 5.82 Å². The van der Waals surface area contributed by atoms with Crippen LogP contribution in [0.1, 0.15) is 25.4 Å². The van der Waals surface area contributed by atoms with Crippen LogP contribution in [0.4, 0.5) is 19.0 Å². The molecule has 13 heteroatoms. The summed E-state index contributed by atoms with van der Waals surface area (Å²) < 4.78 is 48.4. The number of nitrogens with zero attached hydrogens (tertiary/aromatic N) is 8. The van der Waals surface area contributed by atoms with Crippen molar-refractivity contribution in [2.24, 2.45) is 0 Å². The summed E-state index contributed by atoms with van der Waals surface area (Å²) in [6.45, 7) is -1.24. The van der Waals surface area contributed by atoms with Gasteiger partial charge in [-0.2, -0.15) is 18.6 Å². The van der Waals surface area contributed by atoms with Gasteiger partial charge >= 0.3 is 6.55 Å². The van der Waals surface area contributed by atoms with Crippen molar-refractivity contribution < 1.29 is 17.9 Å². The Bertz CT molecular complexity index is 1450. The van der Waals surface area contributed by atoms with Crippen LogP contribution in [0.2, 0.25) is 0 Å². The number of nitrogen functional groups attached to an aromatic ring is 1. The standard InChI is InChI=1S/C19H14F3N9O/c1-9(18-27-8-31(29-18)19(21)22)32-12-6-24-15(16-13(12)17(23)26-7-25-16)10-3-5-30-11(14(10)20)2-4-28-30/h2-9,19H,1H3,(H2,23,25,26)/t9-/m1/s1. The van der Waals surface area contributed by atoms with Crippen molar-refractivity contribution in [3.63, 3.8) is 0 Å². The molecule has 1 atom stereocenters. The van der Waals surface area contributed by atoms with Crippen LogP contribution in [0.5, 0.6) is 5.75 Å². The second-order valence-electron chi connectivity index (χ2n) is 6.78. The number of halogens is 3. The Hall–Kier alpha value is -4.29. The molecule has 0 unspecified atom stereocenters. The molecule has 5 rings (SSSR count). The first kappa shape index (κ1) is 19.7. The molecule has 5 aromatic heterocycles. The third-order valence-electron chi connectivity index (χ3n) is 4.82. The highest BCUT2D eigenvalue weighted by Gasteiger charge is 2.22. The molecule has 5 heterocycles. The van der Waals surface area contributed by atoms with E-state index in [9.17, 15) is 8.78 Å². The average molecular weight is 441 g/mol. The van der Waals surface area contributed by atoms with E-state index in [1.165, 1.54) is 35.4 Å². The highest BCUT2D eigenvalue weighted by Crippen LogP contribution is 2.36. The SMILES string of the molecule is C[C@@H](Oc1cnc(-c2ccn3nccc3c2F)c2ncnc(N)c12)c1ncn(C(F)F)n1. The van der Waals surface area contributed by atoms with Crippen molar-refractivity contribution in [3.8, 4) is 17.0 Å². The number of anilines is 1. The van der Waals surface area contributed by atoms with Crippen LogP contribution in [0.3, 0.4) is 0 Å². The number of hydrogen-bond acceptors (Lipinski definition) is 8. The van der Waals surface area contributed by atoms with E-state index in [0.29, 0.717) is 10.1 Å². The molecule has 2 N–H and O–H groups in total. The van der Waals surface area contributed by atoms with Crippen molar-refractivity contribution in [2.45, 2.75) is 19.6 Å². The van der Waals surface area contributed by atoms with E-state index >= 15 is 4.39 Å². The quantitative estimate of drug-likeness (QED) is 0.441. The Balaban J connectivity index is 1.60. The van der Waals surface area contributed by atoms with Gasteiger partial charge in [0.2, 0.25) is 0 Å². The van der Waals surface area contributed by atoms with Gasteiger partial charge in [-0.1, -0.05) is 0 Å². The van der Waals surface area contributed by atoms with E-state index in [-0.39, 0.29) is 39.7 Å². The molecular weight excluding hydrogens is 427 g/mol. The molecule has 0 saturated heterocycles. The van der Waals surface area contributed by atoms with Gasteiger partial charge in [0.05, 0.1) is 17.8 Å². The Morgan fingerprint density at radius 1 is 1.12 bits per heavy atom. The topological polar surface area (TPSA) is 122 Å². The molecule has 0 aliphatic rings. The summed E-state index contributed by atoms with van der Waals surface area (Å²) in [5, 5.41) is 8.00. The minimum atomic E-state index is -2.82. The molecule has 0 saturated carbocycles. The molecule has 5 aromatic rings. The number of alkyl halides is 2. The van der Waals surface area contributed by atoms with Crippen LogP contribution in [-0.2, 0) is 0 Å². The maximum atomic E-state index is 15.1. The third kappa shape index (κ3) is 3.14. The van der Waals surface area contributed by atoms with Gasteiger partial charge in [-0.05, 0) is 19.1 Å². The van der Waals surface area contributed by atoms with Gasteiger partial charge in [0.25, 0.3) is 0 Å². The maximum Gasteiger partial charge on any atom is 0.334 e. The predicted octanol–water partition coefficient (Wildman–Crippen LogP) is 3.19.